The molecule has 0 aliphatic rings. The Morgan fingerprint density at radius 3 is 2.86 bits per heavy atom. The van der Waals surface area contributed by atoms with Gasteiger partial charge in [0.15, 0.2) is 5.58 Å². The van der Waals surface area contributed by atoms with Gasteiger partial charge in [-0.2, -0.15) is 0 Å². The summed E-state index contributed by atoms with van der Waals surface area (Å²) in [6, 6.07) is 10.8. The first-order valence-electron chi connectivity index (χ1n) is 6.86. The molecular weight excluding hydrogens is 282 g/mol. The number of rotatable bonds is 4. The summed E-state index contributed by atoms with van der Waals surface area (Å²) >= 11 is 0. The molecule has 1 aromatic carbocycles. The Balaban J connectivity index is 1.78. The van der Waals surface area contributed by atoms with E-state index in [1.807, 2.05) is 12.1 Å². The molecule has 0 aliphatic heterocycles. The van der Waals surface area contributed by atoms with Crippen LogP contribution < -0.4 is 5.76 Å². The van der Waals surface area contributed by atoms with Crippen molar-refractivity contribution in [2.24, 2.45) is 0 Å². The van der Waals surface area contributed by atoms with Crippen molar-refractivity contribution in [1.82, 2.24) is 14.5 Å². The van der Waals surface area contributed by atoms with Crippen molar-refractivity contribution < 1.29 is 9.21 Å². The predicted molar refractivity (Wildman–Crippen MR) is 81.2 cm³/mol. The largest absolute Gasteiger partial charge is 0.420 e. The summed E-state index contributed by atoms with van der Waals surface area (Å²) in [6.45, 7) is 0.393. The van der Waals surface area contributed by atoms with Gasteiger partial charge in [-0.3, -0.25) is 14.3 Å². The molecule has 2 aromatic heterocycles. The minimum absolute atomic E-state index is 0.0490. The zero-order chi connectivity index (χ0) is 15.5. The van der Waals surface area contributed by atoms with E-state index >= 15 is 0 Å². The van der Waals surface area contributed by atoms with Crippen LogP contribution in [0.2, 0.25) is 0 Å². The molecule has 0 unspecified atom stereocenters. The van der Waals surface area contributed by atoms with Crippen molar-refractivity contribution >= 4 is 17.0 Å². The highest BCUT2D eigenvalue weighted by Crippen LogP contribution is 2.12. The van der Waals surface area contributed by atoms with Crippen LogP contribution in [0.25, 0.3) is 11.1 Å². The maximum Gasteiger partial charge on any atom is 0.420 e. The molecule has 112 valence electrons. The molecule has 0 radical (unpaired) electrons. The van der Waals surface area contributed by atoms with Crippen LogP contribution in [-0.2, 0) is 17.9 Å². The molecule has 0 fully saturated rings. The fourth-order valence-electron chi connectivity index (χ4n) is 2.27. The molecule has 0 saturated heterocycles. The SMILES string of the molecule is CN(Cc1cccnc1)C(=O)Cn1c(=O)oc2ccccc21. The van der Waals surface area contributed by atoms with E-state index in [2.05, 4.69) is 4.98 Å². The number of para-hydroxylation sites is 2. The van der Waals surface area contributed by atoms with Gasteiger partial charge in [0, 0.05) is 26.0 Å². The summed E-state index contributed by atoms with van der Waals surface area (Å²) in [5.41, 5.74) is 2.04. The summed E-state index contributed by atoms with van der Waals surface area (Å²) in [6.07, 6.45) is 3.39. The molecule has 0 spiro atoms. The number of hydrogen-bond acceptors (Lipinski definition) is 4. The number of oxazole rings is 1. The lowest BCUT2D eigenvalue weighted by atomic mass is 10.2. The van der Waals surface area contributed by atoms with Crippen LogP contribution in [0.4, 0.5) is 0 Å². The number of carbonyl (C=O) groups is 1. The van der Waals surface area contributed by atoms with Crippen LogP contribution in [-0.4, -0.2) is 27.4 Å². The summed E-state index contributed by atoms with van der Waals surface area (Å²) in [5.74, 6) is -0.693. The Morgan fingerprint density at radius 1 is 1.27 bits per heavy atom. The molecule has 0 aliphatic carbocycles. The summed E-state index contributed by atoms with van der Waals surface area (Å²) < 4.78 is 6.47. The minimum Gasteiger partial charge on any atom is -0.408 e. The molecule has 22 heavy (non-hydrogen) atoms. The summed E-state index contributed by atoms with van der Waals surface area (Å²) in [5, 5.41) is 0. The Hall–Kier alpha value is -2.89. The molecular formula is C16H15N3O3. The fourth-order valence-corrected chi connectivity index (χ4v) is 2.27. The summed E-state index contributed by atoms with van der Waals surface area (Å²) in [4.78, 5) is 29.8. The molecule has 6 nitrogen and oxygen atoms in total. The van der Waals surface area contributed by atoms with E-state index in [0.29, 0.717) is 17.6 Å². The number of likely N-dealkylation sites (N-methyl/N-ethyl adjacent to an activating group) is 1. The van der Waals surface area contributed by atoms with Crippen LogP contribution in [0.5, 0.6) is 0 Å². The molecule has 1 amide bonds. The van der Waals surface area contributed by atoms with E-state index in [0.717, 1.165) is 5.56 Å². The first-order valence-corrected chi connectivity index (χ1v) is 6.86. The minimum atomic E-state index is -0.524. The van der Waals surface area contributed by atoms with Gasteiger partial charge in [0.25, 0.3) is 0 Å². The van der Waals surface area contributed by atoms with E-state index in [4.69, 9.17) is 4.42 Å². The third kappa shape index (κ3) is 2.76. The second-order valence-corrected chi connectivity index (χ2v) is 5.03. The monoisotopic (exact) mass is 297 g/mol. The lowest BCUT2D eigenvalue weighted by Gasteiger charge is -2.17. The Bertz CT molecular complexity index is 852. The number of hydrogen-bond donors (Lipinski definition) is 0. The number of carbonyl (C=O) groups excluding carboxylic acids is 1. The maximum atomic E-state index is 12.3. The highest BCUT2D eigenvalue weighted by Gasteiger charge is 2.15. The smallest absolute Gasteiger partial charge is 0.408 e. The second-order valence-electron chi connectivity index (χ2n) is 5.03. The van der Waals surface area contributed by atoms with Gasteiger partial charge in [0.05, 0.1) is 5.52 Å². The molecule has 0 bridgehead atoms. The fraction of sp³-hybridized carbons (Fsp3) is 0.188. The zero-order valence-corrected chi connectivity index (χ0v) is 12.1. The predicted octanol–water partition coefficient (Wildman–Crippen LogP) is 1.65. The standard InChI is InChI=1S/C16H15N3O3/c1-18(10-12-5-4-8-17-9-12)15(20)11-19-13-6-2-3-7-14(13)22-16(19)21/h2-9H,10-11H2,1H3. The normalized spacial score (nSPS) is 10.8. The Labute approximate surface area is 126 Å². The van der Waals surface area contributed by atoms with E-state index in [1.165, 1.54) is 4.57 Å². The average molecular weight is 297 g/mol. The van der Waals surface area contributed by atoms with Gasteiger partial charge in [-0.25, -0.2) is 4.79 Å². The van der Waals surface area contributed by atoms with Crippen molar-refractivity contribution in [3.05, 3.63) is 64.9 Å². The third-order valence-corrected chi connectivity index (χ3v) is 3.44. The van der Waals surface area contributed by atoms with Gasteiger partial charge in [-0.15, -0.1) is 0 Å². The number of amides is 1. The number of benzene rings is 1. The highest BCUT2D eigenvalue weighted by molar-refractivity contribution is 5.79. The molecule has 0 atom stereocenters. The van der Waals surface area contributed by atoms with Crippen LogP contribution >= 0.6 is 0 Å². The first-order chi connectivity index (χ1) is 10.6. The maximum absolute atomic E-state index is 12.3. The number of nitrogens with zero attached hydrogens (tertiary/aromatic N) is 3. The quantitative estimate of drug-likeness (QED) is 0.734. The van der Waals surface area contributed by atoms with Gasteiger partial charge in [-0.1, -0.05) is 18.2 Å². The van der Waals surface area contributed by atoms with Crippen molar-refractivity contribution in [1.29, 1.82) is 0 Å². The molecule has 6 heteroatoms. The van der Waals surface area contributed by atoms with E-state index < -0.39 is 5.76 Å². The number of fused-ring (bicyclic) bond motifs is 1. The van der Waals surface area contributed by atoms with Crippen molar-refractivity contribution in [3.8, 4) is 0 Å². The van der Waals surface area contributed by atoms with Gasteiger partial charge in [-0.05, 0) is 23.8 Å². The van der Waals surface area contributed by atoms with Gasteiger partial charge >= 0.3 is 5.76 Å². The van der Waals surface area contributed by atoms with Crippen LogP contribution in [0.1, 0.15) is 5.56 Å². The van der Waals surface area contributed by atoms with Crippen molar-refractivity contribution in [2.75, 3.05) is 7.05 Å². The van der Waals surface area contributed by atoms with Crippen molar-refractivity contribution in [2.45, 2.75) is 13.1 Å². The average Bonchev–Trinajstić information content (AvgIpc) is 2.84. The third-order valence-electron chi connectivity index (χ3n) is 3.44. The van der Waals surface area contributed by atoms with E-state index in [-0.39, 0.29) is 12.5 Å². The number of aromatic nitrogens is 2. The molecule has 2 heterocycles. The Kier molecular flexibility index (Phi) is 3.74. The highest BCUT2D eigenvalue weighted by atomic mass is 16.4. The van der Waals surface area contributed by atoms with Crippen molar-refractivity contribution in [3.63, 3.8) is 0 Å². The second kappa shape index (κ2) is 5.85. The van der Waals surface area contributed by atoms with Crippen LogP contribution in [0, 0.1) is 0 Å². The van der Waals surface area contributed by atoms with Gasteiger partial charge < -0.3 is 9.32 Å². The lowest BCUT2D eigenvalue weighted by molar-refractivity contribution is -0.131. The summed E-state index contributed by atoms with van der Waals surface area (Å²) in [7, 11) is 1.70. The van der Waals surface area contributed by atoms with E-state index in [1.54, 1.807) is 48.6 Å². The number of pyridine rings is 1. The van der Waals surface area contributed by atoms with E-state index in [9.17, 15) is 9.59 Å². The van der Waals surface area contributed by atoms with Crippen LogP contribution in [0.15, 0.2) is 58.0 Å². The molecule has 3 aromatic rings. The molecule has 0 N–H and O–H groups in total. The lowest BCUT2D eigenvalue weighted by Crippen LogP contribution is -2.32. The first kappa shape index (κ1) is 14.1. The topological polar surface area (TPSA) is 68.3 Å². The molecule has 3 rings (SSSR count). The van der Waals surface area contributed by atoms with Gasteiger partial charge in [0.1, 0.15) is 6.54 Å². The molecule has 0 saturated carbocycles. The zero-order valence-electron chi connectivity index (χ0n) is 12.1. The Morgan fingerprint density at radius 2 is 2.09 bits per heavy atom. The van der Waals surface area contributed by atoms with Crippen LogP contribution in [0.3, 0.4) is 0 Å². The van der Waals surface area contributed by atoms with Gasteiger partial charge in [0.2, 0.25) is 5.91 Å².